The Morgan fingerprint density at radius 2 is 1.32 bits per heavy atom. The summed E-state index contributed by atoms with van der Waals surface area (Å²) in [6, 6.07) is 10.8. The van der Waals surface area contributed by atoms with Crippen LogP contribution < -0.4 is 24.8 Å². The monoisotopic (exact) mass is 386 g/mol. The minimum Gasteiger partial charge on any atom is -0.493 e. The highest BCUT2D eigenvalue weighted by Gasteiger charge is 2.16. The lowest BCUT2D eigenvalue weighted by Gasteiger charge is -2.14. The summed E-state index contributed by atoms with van der Waals surface area (Å²) in [5, 5.41) is 5.39. The van der Waals surface area contributed by atoms with Crippen LogP contribution in [-0.4, -0.2) is 33.1 Å². The fourth-order valence-corrected chi connectivity index (χ4v) is 2.66. The molecule has 0 fully saturated rings. The number of amides is 2. The van der Waals surface area contributed by atoms with Gasteiger partial charge in [0, 0.05) is 23.5 Å². The Balaban J connectivity index is 2.00. The lowest BCUT2D eigenvalue weighted by Crippen LogP contribution is -2.21. The number of anilines is 2. The fraction of sp³-hybridized carbons (Fsp3) is 0.333. The molecule has 7 heteroatoms. The molecule has 2 aromatic carbocycles. The second kappa shape index (κ2) is 9.64. The van der Waals surface area contributed by atoms with Crippen molar-refractivity contribution >= 4 is 23.2 Å². The van der Waals surface area contributed by atoms with E-state index >= 15 is 0 Å². The summed E-state index contributed by atoms with van der Waals surface area (Å²) in [7, 11) is 4.47. The van der Waals surface area contributed by atoms with Crippen LogP contribution in [0.2, 0.25) is 0 Å². The third-order valence-corrected chi connectivity index (χ3v) is 4.13. The number of methoxy groups -OCH3 is 3. The van der Waals surface area contributed by atoms with Gasteiger partial charge in [-0.3, -0.25) is 9.59 Å². The Labute approximate surface area is 165 Å². The molecule has 0 aromatic heterocycles. The lowest BCUT2D eigenvalue weighted by molar-refractivity contribution is -0.123. The standard InChI is InChI=1S/C21H26N2O5/c1-13(2)14-6-8-15(9-7-14)22-19(24)12-20(25)23-16-10-17(26-3)21(28-5)18(11-16)27-4/h6-11,13H,12H2,1-5H3,(H,22,24)(H,23,25). The van der Waals surface area contributed by atoms with Gasteiger partial charge in [0.1, 0.15) is 6.42 Å². The molecule has 0 aliphatic rings. The molecular weight excluding hydrogens is 360 g/mol. The number of carbonyl (C=O) groups excluding carboxylic acids is 2. The van der Waals surface area contributed by atoms with E-state index in [0.717, 1.165) is 0 Å². The van der Waals surface area contributed by atoms with Gasteiger partial charge in [-0.1, -0.05) is 26.0 Å². The van der Waals surface area contributed by atoms with Crippen LogP contribution in [0.4, 0.5) is 11.4 Å². The van der Waals surface area contributed by atoms with Crippen LogP contribution in [0.3, 0.4) is 0 Å². The second-order valence-electron chi connectivity index (χ2n) is 6.46. The quantitative estimate of drug-likeness (QED) is 0.674. The Hall–Kier alpha value is -3.22. The Kier molecular flexibility index (Phi) is 7.26. The molecule has 0 spiro atoms. The normalized spacial score (nSPS) is 10.4. The summed E-state index contributed by atoms with van der Waals surface area (Å²) < 4.78 is 15.7. The van der Waals surface area contributed by atoms with E-state index in [1.165, 1.54) is 26.9 Å². The molecular formula is C21H26N2O5. The Bertz CT molecular complexity index is 806. The minimum absolute atomic E-state index is 0.317. The van der Waals surface area contributed by atoms with Crippen LogP contribution in [0.15, 0.2) is 36.4 Å². The number of rotatable bonds is 8. The van der Waals surface area contributed by atoms with Crippen LogP contribution in [0.1, 0.15) is 31.7 Å². The number of benzene rings is 2. The van der Waals surface area contributed by atoms with Crippen LogP contribution >= 0.6 is 0 Å². The molecule has 28 heavy (non-hydrogen) atoms. The van der Waals surface area contributed by atoms with Crippen molar-refractivity contribution in [1.82, 2.24) is 0 Å². The highest BCUT2D eigenvalue weighted by atomic mass is 16.5. The molecule has 0 saturated carbocycles. The first kappa shape index (κ1) is 21.1. The first-order valence-electron chi connectivity index (χ1n) is 8.87. The van der Waals surface area contributed by atoms with Crippen molar-refractivity contribution in [3.05, 3.63) is 42.0 Å². The van der Waals surface area contributed by atoms with Crippen molar-refractivity contribution in [2.24, 2.45) is 0 Å². The molecule has 2 amide bonds. The average Bonchev–Trinajstić information content (AvgIpc) is 2.67. The predicted molar refractivity (Wildman–Crippen MR) is 109 cm³/mol. The van der Waals surface area contributed by atoms with Crippen LogP contribution in [0, 0.1) is 0 Å². The van der Waals surface area contributed by atoms with Crippen molar-refractivity contribution < 1.29 is 23.8 Å². The van der Waals surface area contributed by atoms with Gasteiger partial charge in [-0.05, 0) is 23.6 Å². The van der Waals surface area contributed by atoms with Gasteiger partial charge in [-0.2, -0.15) is 0 Å². The van der Waals surface area contributed by atoms with Crippen molar-refractivity contribution in [3.8, 4) is 17.2 Å². The summed E-state index contributed by atoms with van der Waals surface area (Å²) in [4.78, 5) is 24.4. The van der Waals surface area contributed by atoms with Crippen molar-refractivity contribution in [1.29, 1.82) is 0 Å². The number of nitrogens with one attached hydrogen (secondary N) is 2. The van der Waals surface area contributed by atoms with Crippen LogP contribution in [-0.2, 0) is 9.59 Å². The Morgan fingerprint density at radius 1 is 0.821 bits per heavy atom. The van der Waals surface area contributed by atoms with E-state index in [4.69, 9.17) is 14.2 Å². The minimum atomic E-state index is -0.453. The number of hydrogen-bond donors (Lipinski definition) is 2. The molecule has 0 saturated heterocycles. The molecule has 0 heterocycles. The fourth-order valence-electron chi connectivity index (χ4n) is 2.66. The third kappa shape index (κ3) is 5.39. The van der Waals surface area contributed by atoms with E-state index in [9.17, 15) is 9.59 Å². The van der Waals surface area contributed by atoms with E-state index in [2.05, 4.69) is 24.5 Å². The van der Waals surface area contributed by atoms with Crippen LogP contribution in [0.5, 0.6) is 17.2 Å². The lowest BCUT2D eigenvalue weighted by atomic mass is 10.0. The summed E-state index contributed by atoms with van der Waals surface area (Å²) in [5.41, 5.74) is 2.27. The molecule has 2 rings (SSSR count). The topological polar surface area (TPSA) is 85.9 Å². The van der Waals surface area contributed by atoms with Gasteiger partial charge in [0.25, 0.3) is 0 Å². The molecule has 2 aromatic rings. The smallest absolute Gasteiger partial charge is 0.233 e. The van der Waals surface area contributed by atoms with Crippen molar-refractivity contribution in [3.63, 3.8) is 0 Å². The van der Waals surface area contributed by atoms with E-state index in [1.807, 2.05) is 24.3 Å². The van der Waals surface area contributed by atoms with E-state index < -0.39 is 11.8 Å². The maximum Gasteiger partial charge on any atom is 0.233 e. The summed E-state index contributed by atoms with van der Waals surface area (Å²) in [5.74, 6) is 0.797. The summed E-state index contributed by atoms with van der Waals surface area (Å²) >= 11 is 0. The van der Waals surface area contributed by atoms with Gasteiger partial charge in [-0.25, -0.2) is 0 Å². The zero-order valence-corrected chi connectivity index (χ0v) is 16.8. The van der Waals surface area contributed by atoms with Crippen molar-refractivity contribution in [2.75, 3.05) is 32.0 Å². The van der Waals surface area contributed by atoms with Gasteiger partial charge in [0.15, 0.2) is 11.5 Å². The van der Waals surface area contributed by atoms with Gasteiger partial charge in [0.2, 0.25) is 17.6 Å². The molecule has 0 bridgehead atoms. The van der Waals surface area contributed by atoms with E-state index in [1.54, 1.807) is 12.1 Å². The first-order chi connectivity index (χ1) is 13.4. The highest BCUT2D eigenvalue weighted by Crippen LogP contribution is 2.39. The molecule has 2 N–H and O–H groups in total. The van der Waals surface area contributed by atoms with Gasteiger partial charge < -0.3 is 24.8 Å². The maximum absolute atomic E-state index is 12.2. The van der Waals surface area contributed by atoms with Crippen molar-refractivity contribution in [2.45, 2.75) is 26.2 Å². The highest BCUT2D eigenvalue weighted by molar-refractivity contribution is 6.08. The molecule has 0 atom stereocenters. The zero-order chi connectivity index (χ0) is 20.7. The summed E-state index contributed by atoms with van der Waals surface area (Å²) in [6.07, 6.45) is -0.317. The molecule has 7 nitrogen and oxygen atoms in total. The second-order valence-corrected chi connectivity index (χ2v) is 6.46. The van der Waals surface area contributed by atoms with Gasteiger partial charge >= 0.3 is 0 Å². The third-order valence-electron chi connectivity index (χ3n) is 4.13. The molecule has 0 aliphatic heterocycles. The molecule has 150 valence electrons. The van der Waals surface area contributed by atoms with Gasteiger partial charge in [-0.15, -0.1) is 0 Å². The number of carbonyl (C=O) groups is 2. The van der Waals surface area contributed by atoms with E-state index in [0.29, 0.717) is 34.5 Å². The largest absolute Gasteiger partial charge is 0.493 e. The summed E-state index contributed by atoms with van der Waals surface area (Å²) in [6.45, 7) is 4.20. The average molecular weight is 386 g/mol. The van der Waals surface area contributed by atoms with Crippen LogP contribution in [0.25, 0.3) is 0 Å². The maximum atomic E-state index is 12.2. The zero-order valence-electron chi connectivity index (χ0n) is 16.8. The number of hydrogen-bond acceptors (Lipinski definition) is 5. The SMILES string of the molecule is COc1cc(NC(=O)CC(=O)Nc2ccc(C(C)C)cc2)cc(OC)c1OC. The molecule has 0 unspecified atom stereocenters. The number of ether oxygens (including phenoxy) is 3. The predicted octanol–water partition coefficient (Wildman–Crippen LogP) is 3.80. The molecule has 0 aliphatic carbocycles. The van der Waals surface area contributed by atoms with Gasteiger partial charge in [0.05, 0.1) is 21.3 Å². The first-order valence-corrected chi connectivity index (χ1v) is 8.87. The Morgan fingerprint density at radius 3 is 1.75 bits per heavy atom. The van der Waals surface area contributed by atoms with E-state index in [-0.39, 0.29) is 6.42 Å². The molecule has 0 radical (unpaired) electrons.